The summed E-state index contributed by atoms with van der Waals surface area (Å²) < 4.78 is 0. The third kappa shape index (κ3) is 6.97. The number of ketones is 1. The summed E-state index contributed by atoms with van der Waals surface area (Å²) >= 11 is 0. The van der Waals surface area contributed by atoms with E-state index in [1.54, 1.807) is 0 Å². The number of rotatable bonds is 5. The molecule has 0 radical (unpaired) electrons. The molecule has 1 atom stereocenters. The second-order valence-electron chi connectivity index (χ2n) is 2.72. The molecule has 0 saturated heterocycles. The van der Waals surface area contributed by atoms with Crippen LogP contribution in [0.3, 0.4) is 0 Å². The van der Waals surface area contributed by atoms with Crippen molar-refractivity contribution in [3.05, 3.63) is 0 Å². The maximum absolute atomic E-state index is 11.0. The molecule has 0 aromatic heterocycles. The number of amides is 1. The Labute approximate surface area is 91.0 Å². The highest BCUT2D eigenvalue weighted by Crippen LogP contribution is 2.22. The minimum absolute atomic E-state index is 0.0138. The zero-order valence-corrected chi connectivity index (χ0v) is 9.96. The van der Waals surface area contributed by atoms with Gasteiger partial charge in [0.25, 0.3) is 0 Å². The van der Waals surface area contributed by atoms with Crippen molar-refractivity contribution in [1.82, 2.24) is 5.32 Å². The first-order valence-electron chi connectivity index (χ1n) is 4.01. The van der Waals surface area contributed by atoms with Crippen molar-refractivity contribution in [3.8, 4) is 0 Å². The highest BCUT2D eigenvalue weighted by molar-refractivity contribution is 8.82. The first-order valence-corrected chi connectivity index (χ1v) is 6.33. The lowest BCUT2D eigenvalue weighted by atomic mass is 10.2. The molecule has 0 bridgehead atoms. The number of hydrogen-bond donors (Lipinski definition) is 1. The molecule has 1 amide bonds. The van der Waals surface area contributed by atoms with E-state index in [0.717, 1.165) is 10.8 Å². The van der Waals surface area contributed by atoms with Gasteiger partial charge in [0.15, 0.2) is 10.9 Å². The van der Waals surface area contributed by atoms with E-state index >= 15 is 0 Å². The van der Waals surface area contributed by atoms with E-state index in [0.29, 0.717) is 5.75 Å². The molecule has 0 heterocycles. The lowest BCUT2D eigenvalue weighted by Crippen LogP contribution is -2.40. The molecule has 0 fully saturated rings. The van der Waals surface area contributed by atoms with Crippen LogP contribution in [0.1, 0.15) is 20.8 Å². The first kappa shape index (κ1) is 13.5. The fourth-order valence-corrected chi connectivity index (χ4v) is 2.49. The van der Waals surface area contributed by atoms with Gasteiger partial charge >= 0.3 is 0 Å². The molecule has 1 N–H and O–H groups in total. The second kappa shape index (κ2) is 6.89. The quantitative estimate of drug-likeness (QED) is 0.720. The molecular formula is C8H13NO3S2. The summed E-state index contributed by atoms with van der Waals surface area (Å²) in [5.74, 6) is 0.0783. The van der Waals surface area contributed by atoms with Gasteiger partial charge in [0.05, 0.1) is 6.04 Å². The third-order valence-corrected chi connectivity index (χ3v) is 3.57. The molecule has 0 spiro atoms. The Morgan fingerprint density at radius 2 is 1.79 bits per heavy atom. The van der Waals surface area contributed by atoms with Gasteiger partial charge in [-0.3, -0.25) is 14.4 Å². The molecule has 0 aliphatic carbocycles. The first-order chi connectivity index (χ1) is 6.43. The summed E-state index contributed by atoms with van der Waals surface area (Å²) in [5, 5.41) is 2.51. The van der Waals surface area contributed by atoms with Crippen LogP contribution in [0.15, 0.2) is 0 Å². The molecular weight excluding hydrogens is 222 g/mol. The second-order valence-corrected chi connectivity index (χ2v) is 5.24. The van der Waals surface area contributed by atoms with Gasteiger partial charge in [-0.2, -0.15) is 0 Å². The molecule has 0 aromatic carbocycles. The fourth-order valence-electron chi connectivity index (χ4n) is 0.691. The van der Waals surface area contributed by atoms with Crippen molar-refractivity contribution < 1.29 is 14.4 Å². The van der Waals surface area contributed by atoms with E-state index < -0.39 is 6.04 Å². The smallest absolute Gasteiger partial charge is 0.217 e. The van der Waals surface area contributed by atoms with Crippen molar-refractivity contribution >= 4 is 38.4 Å². The molecule has 14 heavy (non-hydrogen) atoms. The Kier molecular flexibility index (Phi) is 6.65. The molecule has 0 aliphatic rings. The average Bonchev–Trinajstić information content (AvgIpc) is 2.00. The van der Waals surface area contributed by atoms with Crippen molar-refractivity contribution in [2.75, 3.05) is 5.75 Å². The fraction of sp³-hybridized carbons (Fsp3) is 0.625. The summed E-state index contributed by atoms with van der Waals surface area (Å²) in [4.78, 5) is 32.3. The van der Waals surface area contributed by atoms with Gasteiger partial charge in [0, 0.05) is 19.6 Å². The molecule has 6 heteroatoms. The van der Waals surface area contributed by atoms with Crippen molar-refractivity contribution in [2.45, 2.75) is 26.8 Å². The third-order valence-electron chi connectivity index (χ3n) is 1.28. The van der Waals surface area contributed by atoms with E-state index in [2.05, 4.69) is 5.32 Å². The van der Waals surface area contributed by atoms with Gasteiger partial charge in [0.2, 0.25) is 5.91 Å². The summed E-state index contributed by atoms with van der Waals surface area (Å²) in [5.41, 5.74) is 0. The predicted molar refractivity (Wildman–Crippen MR) is 59.0 cm³/mol. The van der Waals surface area contributed by atoms with Gasteiger partial charge in [-0.1, -0.05) is 10.8 Å². The van der Waals surface area contributed by atoms with Crippen LogP contribution < -0.4 is 5.32 Å². The number of hydrogen-bond acceptors (Lipinski definition) is 5. The number of nitrogens with one attached hydrogen (secondary N) is 1. The van der Waals surface area contributed by atoms with Crippen LogP contribution in [0.25, 0.3) is 0 Å². The van der Waals surface area contributed by atoms with Crippen molar-refractivity contribution in [2.24, 2.45) is 0 Å². The summed E-state index contributed by atoms with van der Waals surface area (Å²) in [6.45, 7) is 4.23. The van der Waals surface area contributed by atoms with Crippen LogP contribution in [0, 0.1) is 0 Å². The van der Waals surface area contributed by atoms with Gasteiger partial charge in [-0.25, -0.2) is 0 Å². The average molecular weight is 235 g/mol. The van der Waals surface area contributed by atoms with E-state index in [9.17, 15) is 14.4 Å². The van der Waals surface area contributed by atoms with Gasteiger partial charge in [-0.15, -0.1) is 0 Å². The standard InChI is InChI=1S/C8H13NO3S2/c1-5(10)8(9-6(2)11)4-13-14-7(3)12/h8H,4H2,1-3H3,(H,9,11). The van der Waals surface area contributed by atoms with E-state index in [4.69, 9.17) is 0 Å². The highest BCUT2D eigenvalue weighted by atomic mass is 33.1. The Morgan fingerprint density at radius 3 is 2.14 bits per heavy atom. The maximum Gasteiger partial charge on any atom is 0.217 e. The normalized spacial score (nSPS) is 11.9. The Balaban J connectivity index is 3.91. The topological polar surface area (TPSA) is 63.2 Å². The number of Topliss-reactive ketones (excluding diaryl/α,β-unsaturated/α-hetero) is 1. The number of carbonyl (C=O) groups is 3. The van der Waals surface area contributed by atoms with Crippen LogP contribution in [-0.4, -0.2) is 28.6 Å². The zero-order valence-electron chi connectivity index (χ0n) is 8.33. The van der Waals surface area contributed by atoms with Crippen molar-refractivity contribution in [1.29, 1.82) is 0 Å². The van der Waals surface area contributed by atoms with Crippen LogP contribution in [0.4, 0.5) is 0 Å². The number of carbonyl (C=O) groups excluding carboxylic acids is 3. The Hall–Kier alpha value is -0.490. The van der Waals surface area contributed by atoms with Crippen LogP contribution in [0.5, 0.6) is 0 Å². The molecule has 0 aromatic rings. The van der Waals surface area contributed by atoms with E-state index in [1.165, 1.54) is 31.6 Å². The summed E-state index contributed by atoms with van der Waals surface area (Å²) in [6.07, 6.45) is 0. The van der Waals surface area contributed by atoms with E-state index in [-0.39, 0.29) is 16.8 Å². The minimum Gasteiger partial charge on any atom is -0.346 e. The van der Waals surface area contributed by atoms with Crippen LogP contribution in [0.2, 0.25) is 0 Å². The molecule has 80 valence electrons. The van der Waals surface area contributed by atoms with Crippen LogP contribution >= 0.6 is 21.6 Å². The highest BCUT2D eigenvalue weighted by Gasteiger charge is 2.15. The summed E-state index contributed by atoms with van der Waals surface area (Å²) in [7, 11) is 2.35. The van der Waals surface area contributed by atoms with Gasteiger partial charge in [0.1, 0.15) is 0 Å². The Morgan fingerprint density at radius 1 is 1.21 bits per heavy atom. The zero-order chi connectivity index (χ0) is 11.1. The van der Waals surface area contributed by atoms with Crippen LogP contribution in [-0.2, 0) is 14.4 Å². The molecule has 0 saturated carbocycles. The Bertz CT molecular complexity index is 243. The summed E-state index contributed by atoms with van der Waals surface area (Å²) in [6, 6.07) is -0.496. The lowest BCUT2D eigenvalue weighted by molar-refractivity contribution is -0.125. The largest absolute Gasteiger partial charge is 0.346 e. The van der Waals surface area contributed by atoms with Crippen molar-refractivity contribution in [3.63, 3.8) is 0 Å². The SMILES string of the molecule is CC(=O)NC(CSSC(C)=O)C(C)=O. The minimum atomic E-state index is -0.496. The molecule has 1 unspecified atom stereocenters. The molecule has 0 aliphatic heterocycles. The predicted octanol–water partition coefficient (Wildman–Crippen LogP) is 1.01. The molecule has 0 rings (SSSR count). The lowest BCUT2D eigenvalue weighted by Gasteiger charge is -2.12. The maximum atomic E-state index is 11.0. The van der Waals surface area contributed by atoms with E-state index in [1.807, 2.05) is 0 Å². The van der Waals surface area contributed by atoms with Gasteiger partial charge < -0.3 is 5.32 Å². The van der Waals surface area contributed by atoms with Gasteiger partial charge in [-0.05, 0) is 17.7 Å². The monoisotopic (exact) mass is 235 g/mol. The molecule has 4 nitrogen and oxygen atoms in total.